The number of nitrogens with one attached hydrogen (secondary N) is 2. The van der Waals surface area contributed by atoms with E-state index in [0.717, 1.165) is 36.6 Å². The maximum absolute atomic E-state index is 12.2. The van der Waals surface area contributed by atoms with Crippen LogP contribution >= 0.6 is 11.3 Å². The Morgan fingerprint density at radius 2 is 1.94 bits per heavy atom. The zero-order chi connectivity index (χ0) is 22.7. The van der Waals surface area contributed by atoms with Crippen LogP contribution in [0.3, 0.4) is 0 Å². The van der Waals surface area contributed by atoms with E-state index in [2.05, 4.69) is 21.6 Å². The fourth-order valence-corrected chi connectivity index (χ4v) is 4.74. The molecular formula is C22H23N5O4S. The van der Waals surface area contributed by atoms with E-state index < -0.39 is 16.7 Å². The number of carbonyl (C=O) groups excluding carboxylic acids is 2. The van der Waals surface area contributed by atoms with Gasteiger partial charge in [-0.25, -0.2) is 4.98 Å². The van der Waals surface area contributed by atoms with Crippen molar-refractivity contribution < 1.29 is 14.5 Å². The molecule has 2 amide bonds. The van der Waals surface area contributed by atoms with Crippen LogP contribution in [0, 0.1) is 23.0 Å². The van der Waals surface area contributed by atoms with Crippen molar-refractivity contribution in [1.82, 2.24) is 10.3 Å². The van der Waals surface area contributed by atoms with E-state index >= 15 is 0 Å². The van der Waals surface area contributed by atoms with Gasteiger partial charge in [0.15, 0.2) is 5.13 Å². The first-order valence-electron chi connectivity index (χ1n) is 10.4. The first-order valence-corrected chi connectivity index (χ1v) is 11.2. The molecule has 2 heterocycles. The number of anilines is 2. The Balaban J connectivity index is 1.25. The Hall–Kier alpha value is -3.53. The summed E-state index contributed by atoms with van der Waals surface area (Å²) in [6.07, 6.45) is 1.80. The topological polar surface area (TPSA) is 117 Å². The average molecular weight is 454 g/mol. The van der Waals surface area contributed by atoms with Crippen LogP contribution in [0.25, 0.3) is 10.2 Å². The van der Waals surface area contributed by atoms with Crippen molar-refractivity contribution in [3.8, 4) is 0 Å². The van der Waals surface area contributed by atoms with Gasteiger partial charge in [-0.15, -0.1) is 0 Å². The van der Waals surface area contributed by atoms with Crippen LogP contribution in [0.4, 0.5) is 16.5 Å². The van der Waals surface area contributed by atoms with Gasteiger partial charge in [0.2, 0.25) is 0 Å². The molecule has 1 aliphatic heterocycles. The number of nitro benzene ring substituents is 1. The fraction of sp³-hybridized carbons (Fsp3) is 0.318. The summed E-state index contributed by atoms with van der Waals surface area (Å²) in [5.74, 6) is -1.20. The molecule has 1 aliphatic rings. The number of nitro groups is 1. The molecule has 0 saturated carbocycles. The number of aryl methyl sites for hydroxylation is 1. The molecule has 1 aromatic heterocycles. The normalized spacial score (nSPS) is 14.3. The number of rotatable bonds is 5. The van der Waals surface area contributed by atoms with Crippen LogP contribution in [0.2, 0.25) is 0 Å². The number of para-hydroxylation sites is 1. The molecule has 10 heteroatoms. The van der Waals surface area contributed by atoms with Crippen molar-refractivity contribution in [2.24, 2.45) is 5.92 Å². The zero-order valence-electron chi connectivity index (χ0n) is 17.5. The molecule has 0 bridgehead atoms. The lowest BCUT2D eigenvalue weighted by atomic mass is 9.97. The molecule has 32 heavy (non-hydrogen) atoms. The molecule has 3 aromatic rings. The molecule has 2 aromatic carbocycles. The average Bonchev–Trinajstić information content (AvgIpc) is 3.23. The zero-order valence-corrected chi connectivity index (χ0v) is 18.4. The first kappa shape index (κ1) is 21.7. The lowest BCUT2D eigenvalue weighted by Crippen LogP contribution is -2.41. The van der Waals surface area contributed by atoms with E-state index in [1.54, 1.807) is 18.3 Å². The number of aromatic nitrogens is 1. The van der Waals surface area contributed by atoms with Gasteiger partial charge in [-0.1, -0.05) is 23.5 Å². The molecule has 0 unspecified atom stereocenters. The Labute approximate surface area is 188 Å². The van der Waals surface area contributed by atoms with E-state index in [1.165, 1.54) is 22.9 Å². The molecule has 9 nitrogen and oxygen atoms in total. The number of benzene rings is 2. The van der Waals surface area contributed by atoms with Gasteiger partial charge in [0.1, 0.15) is 0 Å². The number of fused-ring (bicyclic) bond motifs is 1. The summed E-state index contributed by atoms with van der Waals surface area (Å²) in [4.78, 5) is 41.7. The molecule has 4 rings (SSSR count). The molecule has 166 valence electrons. The second-order valence-corrected chi connectivity index (χ2v) is 8.82. The highest BCUT2D eigenvalue weighted by molar-refractivity contribution is 7.22. The van der Waals surface area contributed by atoms with Crippen LogP contribution in [0.1, 0.15) is 18.4 Å². The fourth-order valence-electron chi connectivity index (χ4n) is 3.72. The van der Waals surface area contributed by atoms with Crippen LogP contribution in [-0.4, -0.2) is 41.4 Å². The highest BCUT2D eigenvalue weighted by Crippen LogP contribution is 2.31. The Morgan fingerprint density at radius 1 is 1.19 bits per heavy atom. The van der Waals surface area contributed by atoms with Crippen LogP contribution in [0.5, 0.6) is 0 Å². The number of carbonyl (C=O) groups is 2. The molecule has 1 saturated heterocycles. The standard InChI is InChI=1S/C22H23N5O4S/c1-14-12-16(27(30)31)6-7-17(14)24-21(29)20(28)23-13-15-8-10-26(11-9-15)22-25-18-4-2-3-5-19(18)32-22/h2-7,12,15H,8-11,13H2,1H3,(H,23,28)(H,24,29). The SMILES string of the molecule is Cc1cc([N+](=O)[O-])ccc1NC(=O)C(=O)NCC1CCN(c2nc3ccccc3s2)CC1. The number of hydrogen-bond acceptors (Lipinski definition) is 7. The summed E-state index contributed by atoms with van der Waals surface area (Å²) in [7, 11) is 0. The summed E-state index contributed by atoms with van der Waals surface area (Å²) in [5.41, 5.74) is 1.83. The van der Waals surface area contributed by atoms with Gasteiger partial charge in [0.25, 0.3) is 5.69 Å². The number of hydrogen-bond donors (Lipinski definition) is 2. The molecule has 0 spiro atoms. The third-order valence-corrected chi connectivity index (χ3v) is 6.69. The highest BCUT2D eigenvalue weighted by Gasteiger charge is 2.23. The number of thiazole rings is 1. The van der Waals surface area contributed by atoms with E-state index in [9.17, 15) is 19.7 Å². The monoisotopic (exact) mass is 453 g/mol. The lowest BCUT2D eigenvalue weighted by Gasteiger charge is -2.31. The minimum atomic E-state index is -0.783. The Bertz CT molecular complexity index is 1140. The minimum absolute atomic E-state index is 0.0675. The summed E-state index contributed by atoms with van der Waals surface area (Å²) in [5, 5.41) is 17.1. The van der Waals surface area contributed by atoms with Crippen molar-refractivity contribution >= 4 is 49.9 Å². The molecule has 0 aliphatic carbocycles. The van der Waals surface area contributed by atoms with Gasteiger partial charge < -0.3 is 15.5 Å². The van der Waals surface area contributed by atoms with Gasteiger partial charge in [0.05, 0.1) is 15.1 Å². The first-order chi connectivity index (χ1) is 15.4. The molecule has 0 radical (unpaired) electrons. The van der Waals surface area contributed by atoms with Crippen molar-refractivity contribution in [2.75, 3.05) is 29.9 Å². The maximum Gasteiger partial charge on any atom is 0.313 e. The molecule has 1 fully saturated rings. The lowest BCUT2D eigenvalue weighted by molar-refractivity contribution is -0.384. The third-order valence-electron chi connectivity index (χ3n) is 5.59. The maximum atomic E-state index is 12.2. The van der Waals surface area contributed by atoms with Gasteiger partial charge in [-0.05, 0) is 49.4 Å². The number of nitrogens with zero attached hydrogens (tertiary/aromatic N) is 3. The minimum Gasteiger partial charge on any atom is -0.348 e. The second kappa shape index (κ2) is 9.31. The highest BCUT2D eigenvalue weighted by atomic mass is 32.1. The molecule has 0 atom stereocenters. The molecular weight excluding hydrogens is 430 g/mol. The van der Waals surface area contributed by atoms with Crippen LogP contribution in [0.15, 0.2) is 42.5 Å². The van der Waals surface area contributed by atoms with Gasteiger partial charge in [-0.2, -0.15) is 0 Å². The van der Waals surface area contributed by atoms with E-state index in [1.807, 2.05) is 18.2 Å². The quantitative estimate of drug-likeness (QED) is 0.347. The Kier molecular flexibility index (Phi) is 6.31. The predicted molar refractivity (Wildman–Crippen MR) is 124 cm³/mol. The number of non-ortho nitro benzene ring substituents is 1. The van der Waals surface area contributed by atoms with E-state index in [4.69, 9.17) is 4.98 Å². The van der Waals surface area contributed by atoms with Crippen molar-refractivity contribution in [2.45, 2.75) is 19.8 Å². The van der Waals surface area contributed by atoms with E-state index in [0.29, 0.717) is 23.7 Å². The largest absolute Gasteiger partial charge is 0.348 e. The summed E-state index contributed by atoms with van der Waals surface area (Å²) >= 11 is 1.69. The molecule has 2 N–H and O–H groups in total. The number of piperidine rings is 1. The predicted octanol–water partition coefficient (Wildman–Crippen LogP) is 3.48. The third kappa shape index (κ3) is 4.86. The summed E-state index contributed by atoms with van der Waals surface area (Å²) in [6, 6.07) is 12.2. The van der Waals surface area contributed by atoms with Crippen molar-refractivity contribution in [3.63, 3.8) is 0 Å². The van der Waals surface area contributed by atoms with Crippen LogP contribution < -0.4 is 15.5 Å². The number of amides is 2. The van der Waals surface area contributed by atoms with Crippen molar-refractivity contribution in [3.05, 3.63) is 58.1 Å². The van der Waals surface area contributed by atoms with Gasteiger partial charge >= 0.3 is 11.8 Å². The van der Waals surface area contributed by atoms with Crippen LogP contribution in [-0.2, 0) is 9.59 Å². The second-order valence-electron chi connectivity index (χ2n) is 7.82. The summed E-state index contributed by atoms with van der Waals surface area (Å²) in [6.45, 7) is 3.78. The van der Waals surface area contributed by atoms with E-state index in [-0.39, 0.29) is 5.69 Å². The van der Waals surface area contributed by atoms with Crippen molar-refractivity contribution in [1.29, 1.82) is 0 Å². The smallest absolute Gasteiger partial charge is 0.313 e. The van der Waals surface area contributed by atoms with Gasteiger partial charge in [0, 0.05) is 37.5 Å². The van der Waals surface area contributed by atoms with Gasteiger partial charge in [-0.3, -0.25) is 19.7 Å². The Morgan fingerprint density at radius 3 is 2.62 bits per heavy atom. The summed E-state index contributed by atoms with van der Waals surface area (Å²) < 4.78 is 1.17.